The van der Waals surface area contributed by atoms with Crippen molar-refractivity contribution in [1.29, 1.82) is 0 Å². The van der Waals surface area contributed by atoms with Gasteiger partial charge in [0, 0.05) is 11.1 Å². The van der Waals surface area contributed by atoms with Gasteiger partial charge in [0.25, 0.3) is 11.8 Å². The lowest BCUT2D eigenvalue weighted by atomic mass is 9.70. The quantitative estimate of drug-likeness (QED) is 0.807. The molecule has 2 amide bonds. The summed E-state index contributed by atoms with van der Waals surface area (Å²) in [5, 5.41) is 7.31. The maximum atomic E-state index is 12.1. The Kier molecular flexibility index (Phi) is 4.62. The van der Waals surface area contributed by atoms with Crippen LogP contribution < -0.4 is 10.7 Å². The van der Waals surface area contributed by atoms with Gasteiger partial charge in [-0.3, -0.25) is 9.59 Å². The van der Waals surface area contributed by atoms with E-state index in [1.165, 1.54) is 6.42 Å². The van der Waals surface area contributed by atoms with Crippen LogP contribution in [0, 0.1) is 16.7 Å². The van der Waals surface area contributed by atoms with Crippen LogP contribution in [0.1, 0.15) is 50.4 Å². The summed E-state index contributed by atoms with van der Waals surface area (Å²) >= 11 is 5.98. The monoisotopic (exact) mass is 361 g/mol. The molecule has 2 fully saturated rings. The second-order valence-electron chi connectivity index (χ2n) is 7.75. The lowest BCUT2D eigenvalue weighted by molar-refractivity contribution is -0.120. The van der Waals surface area contributed by atoms with Gasteiger partial charge in [-0.15, -0.1) is 0 Å². The Hall–Kier alpha value is -1.88. The maximum Gasteiger partial charge on any atom is 0.259 e. The fourth-order valence-corrected chi connectivity index (χ4v) is 4.39. The zero-order valence-electron chi connectivity index (χ0n) is 14.9. The number of nitrogens with zero attached hydrogens (tertiary/aromatic N) is 1. The summed E-state index contributed by atoms with van der Waals surface area (Å²) in [5.74, 6) is -0.0772. The number of hydrogen-bond donors (Lipinski definition) is 2. The molecule has 3 rings (SSSR count). The summed E-state index contributed by atoms with van der Waals surface area (Å²) in [6.45, 7) is 6.69. The number of halogens is 1. The molecule has 0 saturated heterocycles. The third-order valence-electron chi connectivity index (χ3n) is 6.36. The molecule has 2 aliphatic rings. The summed E-state index contributed by atoms with van der Waals surface area (Å²) in [6.07, 6.45) is 3.28. The number of nitrogens with one attached hydrogen (secondary N) is 2. The van der Waals surface area contributed by atoms with E-state index in [0.717, 1.165) is 18.6 Å². The van der Waals surface area contributed by atoms with Gasteiger partial charge in [-0.25, -0.2) is 5.43 Å². The average Bonchev–Trinajstić information content (AvgIpc) is 2.91. The molecular formula is C19H24ClN3O2. The first-order chi connectivity index (χ1) is 11.8. The Balaban J connectivity index is 1.56. The SMILES string of the molecule is CC1(C)[C@H]2CC[C@@]1(C)/C(=N/NC(=O)CNC(=O)c1ccccc1Cl)C2. The molecule has 25 heavy (non-hydrogen) atoms. The van der Waals surface area contributed by atoms with Crippen molar-refractivity contribution in [3.63, 3.8) is 0 Å². The van der Waals surface area contributed by atoms with E-state index in [9.17, 15) is 9.59 Å². The first-order valence-electron chi connectivity index (χ1n) is 8.64. The fraction of sp³-hybridized carbons (Fsp3) is 0.526. The smallest absolute Gasteiger partial charge is 0.259 e. The molecule has 2 N–H and O–H groups in total. The Morgan fingerprint density at radius 3 is 2.60 bits per heavy atom. The van der Waals surface area contributed by atoms with Crippen LogP contribution in [-0.4, -0.2) is 24.1 Å². The van der Waals surface area contributed by atoms with Crippen LogP contribution in [0.5, 0.6) is 0 Å². The molecular weight excluding hydrogens is 338 g/mol. The minimum atomic E-state index is -0.374. The van der Waals surface area contributed by atoms with E-state index in [-0.39, 0.29) is 29.2 Å². The molecule has 0 spiro atoms. The number of carbonyl (C=O) groups is 2. The van der Waals surface area contributed by atoms with Crippen molar-refractivity contribution in [3.8, 4) is 0 Å². The van der Waals surface area contributed by atoms with Gasteiger partial charge in [0.05, 0.1) is 17.1 Å². The van der Waals surface area contributed by atoms with Gasteiger partial charge in [0.2, 0.25) is 0 Å². The number of hydrazone groups is 1. The van der Waals surface area contributed by atoms with Crippen LogP contribution in [0.4, 0.5) is 0 Å². The number of hydrogen-bond acceptors (Lipinski definition) is 3. The lowest BCUT2D eigenvalue weighted by Gasteiger charge is -2.34. The van der Waals surface area contributed by atoms with E-state index in [1.54, 1.807) is 24.3 Å². The number of carbonyl (C=O) groups excluding carboxylic acids is 2. The molecule has 0 aliphatic heterocycles. The number of benzene rings is 1. The van der Waals surface area contributed by atoms with Crippen molar-refractivity contribution in [3.05, 3.63) is 34.9 Å². The summed E-state index contributed by atoms with van der Waals surface area (Å²) in [7, 11) is 0. The van der Waals surface area contributed by atoms with E-state index < -0.39 is 0 Å². The molecule has 6 heteroatoms. The molecule has 1 aromatic rings. The zero-order valence-corrected chi connectivity index (χ0v) is 15.6. The highest BCUT2D eigenvalue weighted by Gasteiger charge is 2.59. The molecule has 0 unspecified atom stereocenters. The standard InChI is InChI=1S/C19H24ClN3O2/c1-18(2)12-8-9-19(18,3)15(10-12)22-23-16(24)11-21-17(25)13-6-4-5-7-14(13)20/h4-7,12H,8-11H2,1-3H3,(H,21,25)(H,23,24)/b22-15+/t12-,19-/m0/s1. The molecule has 2 saturated carbocycles. The van der Waals surface area contributed by atoms with Crippen LogP contribution in [0.2, 0.25) is 5.02 Å². The largest absolute Gasteiger partial charge is 0.343 e. The van der Waals surface area contributed by atoms with Gasteiger partial charge in [-0.1, -0.05) is 44.5 Å². The van der Waals surface area contributed by atoms with Gasteiger partial charge in [-0.05, 0) is 42.7 Å². The van der Waals surface area contributed by atoms with Gasteiger partial charge in [-0.2, -0.15) is 5.10 Å². The molecule has 134 valence electrons. The molecule has 1 aromatic carbocycles. The maximum absolute atomic E-state index is 12.1. The lowest BCUT2D eigenvalue weighted by Crippen LogP contribution is -2.37. The van der Waals surface area contributed by atoms with Crippen molar-refractivity contribution in [2.75, 3.05) is 6.54 Å². The van der Waals surface area contributed by atoms with Crippen molar-refractivity contribution >= 4 is 29.1 Å². The van der Waals surface area contributed by atoms with Crippen molar-refractivity contribution in [1.82, 2.24) is 10.7 Å². The minimum Gasteiger partial charge on any atom is -0.343 e. The first-order valence-corrected chi connectivity index (χ1v) is 9.02. The zero-order chi connectivity index (χ0) is 18.2. The minimum absolute atomic E-state index is 0.0474. The Bertz CT molecular complexity index is 744. The molecule has 2 aliphatic carbocycles. The average molecular weight is 362 g/mol. The van der Waals surface area contributed by atoms with E-state index in [1.807, 2.05) is 0 Å². The normalized spacial score (nSPS) is 28.2. The third-order valence-corrected chi connectivity index (χ3v) is 6.69. The molecule has 0 aromatic heterocycles. The second kappa shape index (κ2) is 6.45. The molecule has 2 atom stereocenters. The second-order valence-corrected chi connectivity index (χ2v) is 8.16. The van der Waals surface area contributed by atoms with Gasteiger partial charge in [0.15, 0.2) is 0 Å². The summed E-state index contributed by atoms with van der Waals surface area (Å²) in [5.41, 5.74) is 4.28. The molecule has 5 nitrogen and oxygen atoms in total. The van der Waals surface area contributed by atoms with Crippen LogP contribution in [0.25, 0.3) is 0 Å². The number of rotatable bonds is 4. The Morgan fingerprint density at radius 2 is 2.00 bits per heavy atom. The Morgan fingerprint density at radius 1 is 1.28 bits per heavy atom. The van der Waals surface area contributed by atoms with Gasteiger partial charge >= 0.3 is 0 Å². The topological polar surface area (TPSA) is 70.6 Å². The predicted molar refractivity (Wildman–Crippen MR) is 98.6 cm³/mol. The van der Waals surface area contributed by atoms with E-state index >= 15 is 0 Å². The van der Waals surface area contributed by atoms with Crippen molar-refractivity contribution in [2.24, 2.45) is 21.8 Å². The van der Waals surface area contributed by atoms with Gasteiger partial charge < -0.3 is 5.32 Å². The Labute approximate surface area is 153 Å². The highest BCUT2D eigenvalue weighted by molar-refractivity contribution is 6.33. The van der Waals surface area contributed by atoms with Gasteiger partial charge in [0.1, 0.15) is 0 Å². The number of amides is 2. The van der Waals surface area contributed by atoms with Crippen molar-refractivity contribution < 1.29 is 9.59 Å². The molecule has 0 heterocycles. The van der Waals surface area contributed by atoms with Crippen LogP contribution in [-0.2, 0) is 4.79 Å². The molecule has 2 bridgehead atoms. The van der Waals surface area contributed by atoms with Crippen LogP contribution in [0.15, 0.2) is 29.4 Å². The van der Waals surface area contributed by atoms with Crippen LogP contribution in [0.3, 0.4) is 0 Å². The summed E-state index contributed by atoms with van der Waals surface area (Å²) < 4.78 is 0. The van der Waals surface area contributed by atoms with E-state index in [0.29, 0.717) is 16.5 Å². The predicted octanol–water partition coefficient (Wildman–Crippen LogP) is 3.39. The summed E-state index contributed by atoms with van der Waals surface area (Å²) in [6, 6.07) is 6.73. The van der Waals surface area contributed by atoms with E-state index in [4.69, 9.17) is 11.6 Å². The summed E-state index contributed by atoms with van der Waals surface area (Å²) in [4.78, 5) is 24.1. The fourth-order valence-electron chi connectivity index (χ4n) is 4.17. The molecule has 0 radical (unpaired) electrons. The highest BCUT2D eigenvalue weighted by Crippen LogP contribution is 2.63. The highest BCUT2D eigenvalue weighted by atomic mass is 35.5. The van der Waals surface area contributed by atoms with E-state index in [2.05, 4.69) is 36.6 Å². The third kappa shape index (κ3) is 3.06. The first kappa shape index (κ1) is 17.9. The van der Waals surface area contributed by atoms with Crippen molar-refractivity contribution in [2.45, 2.75) is 40.0 Å². The number of fused-ring (bicyclic) bond motifs is 2. The van der Waals surface area contributed by atoms with Crippen LogP contribution >= 0.6 is 11.6 Å².